The maximum atomic E-state index is 12.5. The number of benzene rings is 1. The van der Waals surface area contributed by atoms with E-state index in [1.54, 1.807) is 19.9 Å². The van der Waals surface area contributed by atoms with Crippen molar-refractivity contribution in [2.24, 2.45) is 0 Å². The molecule has 0 fully saturated rings. The Kier molecular flexibility index (Phi) is 8.28. The van der Waals surface area contributed by atoms with Crippen LogP contribution in [0.2, 0.25) is 10.0 Å². The van der Waals surface area contributed by atoms with Crippen molar-refractivity contribution in [3.8, 4) is 5.75 Å². The van der Waals surface area contributed by atoms with E-state index in [-0.39, 0.29) is 22.0 Å². The first kappa shape index (κ1) is 23.7. The second kappa shape index (κ2) is 10.5. The van der Waals surface area contributed by atoms with Crippen LogP contribution in [-0.2, 0) is 14.3 Å². The van der Waals surface area contributed by atoms with E-state index in [1.807, 2.05) is 0 Å². The number of methoxy groups -OCH3 is 2. The molecule has 1 N–H and O–H groups in total. The third kappa shape index (κ3) is 5.33. The fourth-order valence-corrected chi connectivity index (χ4v) is 4.28. The molecule has 0 unspecified atom stereocenters. The summed E-state index contributed by atoms with van der Waals surface area (Å²) in [7, 11) is 2.68. The van der Waals surface area contributed by atoms with Crippen LogP contribution in [0.15, 0.2) is 18.2 Å². The number of thiophene rings is 1. The maximum Gasteiger partial charge on any atom is 0.348 e. The van der Waals surface area contributed by atoms with Gasteiger partial charge in [0.25, 0.3) is 0 Å². The lowest BCUT2D eigenvalue weighted by Crippen LogP contribution is -2.12. The number of hydrogen-bond acceptors (Lipinski definition) is 7. The van der Waals surface area contributed by atoms with Gasteiger partial charge in [0.15, 0.2) is 0 Å². The summed E-state index contributed by atoms with van der Waals surface area (Å²) in [6, 6.07) is 3.11. The fraction of sp³-hybridized carbons (Fsp3) is 0.250. The molecule has 7 nitrogen and oxygen atoms in total. The van der Waals surface area contributed by atoms with Crippen molar-refractivity contribution in [2.45, 2.75) is 13.8 Å². The average Bonchev–Trinajstić information content (AvgIpc) is 3.01. The Morgan fingerprint density at radius 2 is 1.87 bits per heavy atom. The summed E-state index contributed by atoms with van der Waals surface area (Å²) >= 11 is 13.0. The highest BCUT2D eigenvalue weighted by molar-refractivity contribution is 7.18. The molecule has 0 bridgehead atoms. The number of hydrogen-bond donors (Lipinski definition) is 1. The lowest BCUT2D eigenvalue weighted by Gasteiger charge is -2.08. The SMILES string of the molecule is CCOC(=O)c1c(NC(=O)/C=C/c2cc(Cl)cc(Cl)c2OC)sc(C(=O)OC)c1C. The van der Waals surface area contributed by atoms with Crippen LogP contribution in [0.4, 0.5) is 5.00 Å². The van der Waals surface area contributed by atoms with Crippen LogP contribution in [0.5, 0.6) is 5.75 Å². The van der Waals surface area contributed by atoms with E-state index in [9.17, 15) is 14.4 Å². The molecule has 1 aromatic carbocycles. The van der Waals surface area contributed by atoms with Gasteiger partial charge in [0.1, 0.15) is 15.6 Å². The summed E-state index contributed by atoms with van der Waals surface area (Å²) < 4.78 is 15.0. The quantitative estimate of drug-likeness (QED) is 0.451. The van der Waals surface area contributed by atoms with Gasteiger partial charge in [-0.2, -0.15) is 0 Å². The Labute approximate surface area is 187 Å². The number of halogens is 2. The minimum Gasteiger partial charge on any atom is -0.495 e. The molecule has 2 aromatic rings. The highest BCUT2D eigenvalue weighted by Gasteiger charge is 2.26. The summed E-state index contributed by atoms with van der Waals surface area (Å²) in [4.78, 5) is 37.0. The summed E-state index contributed by atoms with van der Waals surface area (Å²) in [6.07, 6.45) is 2.70. The Balaban J connectivity index is 2.36. The van der Waals surface area contributed by atoms with E-state index in [2.05, 4.69) is 5.32 Å². The zero-order valence-corrected chi connectivity index (χ0v) is 19.0. The molecule has 30 heavy (non-hydrogen) atoms. The molecule has 10 heteroatoms. The third-order valence-electron chi connectivity index (χ3n) is 3.89. The Morgan fingerprint density at radius 1 is 1.17 bits per heavy atom. The van der Waals surface area contributed by atoms with Gasteiger partial charge in [-0.25, -0.2) is 9.59 Å². The first-order valence-corrected chi connectivity index (χ1v) is 10.2. The minimum atomic E-state index is -0.649. The van der Waals surface area contributed by atoms with Gasteiger partial charge in [-0.3, -0.25) is 4.79 Å². The van der Waals surface area contributed by atoms with Crippen molar-refractivity contribution in [1.82, 2.24) is 0 Å². The van der Waals surface area contributed by atoms with E-state index >= 15 is 0 Å². The smallest absolute Gasteiger partial charge is 0.348 e. The zero-order chi connectivity index (χ0) is 22.4. The molecule has 0 saturated carbocycles. The van der Waals surface area contributed by atoms with E-state index in [0.29, 0.717) is 26.9 Å². The van der Waals surface area contributed by atoms with Gasteiger partial charge >= 0.3 is 11.9 Å². The predicted molar refractivity (Wildman–Crippen MR) is 117 cm³/mol. The van der Waals surface area contributed by atoms with Gasteiger partial charge in [-0.1, -0.05) is 23.2 Å². The second-order valence-corrected chi connectivity index (χ2v) is 7.67. The number of anilines is 1. The van der Waals surface area contributed by atoms with Crippen LogP contribution < -0.4 is 10.1 Å². The van der Waals surface area contributed by atoms with Gasteiger partial charge in [0, 0.05) is 16.7 Å². The third-order valence-corrected chi connectivity index (χ3v) is 5.58. The van der Waals surface area contributed by atoms with Crippen molar-refractivity contribution >= 4 is 63.5 Å². The second-order valence-electron chi connectivity index (χ2n) is 5.81. The van der Waals surface area contributed by atoms with Crippen LogP contribution in [0.1, 0.15) is 38.1 Å². The predicted octanol–water partition coefficient (Wildman–Crippen LogP) is 4.99. The number of ether oxygens (including phenoxy) is 3. The molecule has 0 aliphatic heterocycles. The number of esters is 2. The standard InChI is InChI=1S/C20H19Cl2NO6S/c1-5-29-19(25)15-10(2)17(20(26)28-4)30-18(15)23-14(24)7-6-11-8-12(21)9-13(22)16(11)27-3/h6-9H,5H2,1-4H3,(H,23,24)/b7-6+. The molecule has 0 aliphatic rings. The van der Waals surface area contributed by atoms with Crippen LogP contribution in [0.3, 0.4) is 0 Å². The van der Waals surface area contributed by atoms with E-state index in [4.69, 9.17) is 37.4 Å². The summed E-state index contributed by atoms with van der Waals surface area (Å²) in [5, 5.41) is 3.46. The summed E-state index contributed by atoms with van der Waals surface area (Å²) in [5.74, 6) is -1.45. The highest BCUT2D eigenvalue weighted by Crippen LogP contribution is 2.35. The van der Waals surface area contributed by atoms with Crippen molar-refractivity contribution in [1.29, 1.82) is 0 Å². The first-order valence-electron chi connectivity index (χ1n) is 8.64. The fourth-order valence-electron chi connectivity index (χ4n) is 2.58. The lowest BCUT2D eigenvalue weighted by atomic mass is 10.1. The zero-order valence-electron chi connectivity index (χ0n) is 16.6. The molecular formula is C20H19Cl2NO6S. The van der Waals surface area contributed by atoms with Crippen LogP contribution >= 0.6 is 34.5 Å². The lowest BCUT2D eigenvalue weighted by molar-refractivity contribution is -0.111. The normalized spacial score (nSPS) is 10.7. The molecule has 160 valence electrons. The topological polar surface area (TPSA) is 90.9 Å². The van der Waals surface area contributed by atoms with Crippen LogP contribution in [-0.4, -0.2) is 38.7 Å². The van der Waals surface area contributed by atoms with Gasteiger partial charge < -0.3 is 19.5 Å². The molecule has 1 heterocycles. The van der Waals surface area contributed by atoms with Gasteiger partial charge in [0.2, 0.25) is 5.91 Å². The number of nitrogens with one attached hydrogen (secondary N) is 1. The molecule has 0 spiro atoms. The van der Waals surface area contributed by atoms with E-state index in [0.717, 1.165) is 11.3 Å². The average molecular weight is 472 g/mol. The minimum absolute atomic E-state index is 0.104. The van der Waals surface area contributed by atoms with Crippen LogP contribution in [0, 0.1) is 6.92 Å². The monoisotopic (exact) mass is 471 g/mol. The highest BCUT2D eigenvalue weighted by atomic mass is 35.5. The molecule has 0 atom stereocenters. The Bertz CT molecular complexity index is 1020. The van der Waals surface area contributed by atoms with Crippen LogP contribution in [0.25, 0.3) is 6.08 Å². The molecule has 0 saturated heterocycles. The van der Waals surface area contributed by atoms with E-state index in [1.165, 1.54) is 32.4 Å². The molecule has 1 aromatic heterocycles. The van der Waals surface area contributed by atoms with E-state index < -0.39 is 17.8 Å². The molecular weight excluding hydrogens is 453 g/mol. The first-order chi connectivity index (χ1) is 14.2. The van der Waals surface area contributed by atoms with Crippen molar-refractivity contribution in [2.75, 3.05) is 26.1 Å². The Morgan fingerprint density at radius 3 is 2.47 bits per heavy atom. The number of carbonyl (C=O) groups excluding carboxylic acids is 3. The number of carbonyl (C=O) groups is 3. The number of rotatable bonds is 7. The number of amides is 1. The van der Waals surface area contributed by atoms with Gasteiger partial charge in [0.05, 0.1) is 31.4 Å². The van der Waals surface area contributed by atoms with Gasteiger partial charge in [-0.05, 0) is 37.6 Å². The summed E-state index contributed by atoms with van der Waals surface area (Å²) in [5.41, 5.74) is 0.966. The maximum absolute atomic E-state index is 12.5. The molecule has 0 aliphatic carbocycles. The van der Waals surface area contributed by atoms with Crippen molar-refractivity contribution in [3.63, 3.8) is 0 Å². The largest absolute Gasteiger partial charge is 0.495 e. The summed E-state index contributed by atoms with van der Waals surface area (Å²) in [6.45, 7) is 3.38. The van der Waals surface area contributed by atoms with Crippen molar-refractivity contribution in [3.05, 3.63) is 49.8 Å². The van der Waals surface area contributed by atoms with Crippen molar-refractivity contribution < 1.29 is 28.6 Å². The Hall–Kier alpha value is -2.55. The molecule has 0 radical (unpaired) electrons. The van der Waals surface area contributed by atoms with Gasteiger partial charge in [-0.15, -0.1) is 11.3 Å². The molecule has 2 rings (SSSR count). The molecule has 1 amide bonds.